The summed E-state index contributed by atoms with van der Waals surface area (Å²) in [4.78, 5) is 13.9. The predicted molar refractivity (Wildman–Crippen MR) is 159 cm³/mol. The molecule has 0 aliphatic carbocycles. The van der Waals surface area contributed by atoms with E-state index < -0.39 is 15.9 Å². The number of rotatable bonds is 9. The lowest BCUT2D eigenvalue weighted by molar-refractivity contribution is 0.102. The van der Waals surface area contributed by atoms with Crippen LogP contribution in [0.15, 0.2) is 138 Å². The number of carbonyl (C=O) groups is 1. The van der Waals surface area contributed by atoms with E-state index in [1.165, 1.54) is 23.5 Å². The summed E-state index contributed by atoms with van der Waals surface area (Å²) in [6.45, 7) is 0.0418. The third-order valence-corrected chi connectivity index (χ3v) is 8.27. The van der Waals surface area contributed by atoms with Gasteiger partial charge in [0.15, 0.2) is 0 Å². The van der Waals surface area contributed by atoms with E-state index in [9.17, 15) is 13.2 Å². The largest absolute Gasteiger partial charge is 0.497 e. The molecule has 0 aliphatic rings. The molecule has 0 heterocycles. The quantitative estimate of drug-likeness (QED) is 0.215. The number of nitrogens with zero attached hydrogens (tertiary/aromatic N) is 1. The van der Waals surface area contributed by atoms with Gasteiger partial charge < -0.3 is 10.1 Å². The van der Waals surface area contributed by atoms with Crippen LogP contribution in [0, 0.1) is 0 Å². The minimum Gasteiger partial charge on any atom is -0.497 e. The van der Waals surface area contributed by atoms with Gasteiger partial charge in [-0.05, 0) is 53.6 Å². The van der Waals surface area contributed by atoms with Gasteiger partial charge in [0.2, 0.25) is 0 Å². The SMILES string of the molecule is COc1ccc(S(=O)(=O)N(Cc2ccccc2)c2ccccc2C(=O)Nc2ccccc2-c2ccccc2)cc1. The van der Waals surface area contributed by atoms with Gasteiger partial charge in [0.05, 0.1) is 29.8 Å². The molecule has 0 aliphatic heterocycles. The van der Waals surface area contributed by atoms with E-state index in [0.29, 0.717) is 11.4 Å². The number of methoxy groups -OCH3 is 1. The van der Waals surface area contributed by atoms with Crippen LogP contribution in [-0.2, 0) is 16.6 Å². The van der Waals surface area contributed by atoms with E-state index in [2.05, 4.69) is 5.32 Å². The zero-order valence-corrected chi connectivity index (χ0v) is 22.7. The summed E-state index contributed by atoms with van der Waals surface area (Å²) >= 11 is 0. The first kappa shape index (κ1) is 26.7. The van der Waals surface area contributed by atoms with Crippen LogP contribution in [0.3, 0.4) is 0 Å². The molecule has 0 bridgehead atoms. The summed E-state index contributed by atoms with van der Waals surface area (Å²) in [6, 6.07) is 39.5. The molecule has 40 heavy (non-hydrogen) atoms. The molecule has 0 aromatic heterocycles. The van der Waals surface area contributed by atoms with Crippen LogP contribution in [0.25, 0.3) is 11.1 Å². The van der Waals surface area contributed by atoms with E-state index in [1.807, 2.05) is 84.9 Å². The first-order valence-electron chi connectivity index (χ1n) is 12.7. The minimum absolute atomic E-state index is 0.0418. The molecule has 0 spiro atoms. The van der Waals surface area contributed by atoms with Crippen molar-refractivity contribution in [3.63, 3.8) is 0 Å². The molecule has 0 radical (unpaired) electrons. The molecule has 1 amide bonds. The Morgan fingerprint density at radius 1 is 0.725 bits per heavy atom. The molecular weight excluding hydrogens is 520 g/mol. The highest BCUT2D eigenvalue weighted by Crippen LogP contribution is 2.32. The van der Waals surface area contributed by atoms with Crippen molar-refractivity contribution >= 4 is 27.3 Å². The van der Waals surface area contributed by atoms with Crippen LogP contribution in [-0.4, -0.2) is 21.4 Å². The van der Waals surface area contributed by atoms with E-state index in [0.717, 1.165) is 16.7 Å². The number of nitrogens with one attached hydrogen (secondary N) is 1. The van der Waals surface area contributed by atoms with Gasteiger partial charge in [-0.3, -0.25) is 9.10 Å². The lowest BCUT2D eigenvalue weighted by Gasteiger charge is -2.27. The van der Waals surface area contributed by atoms with Gasteiger partial charge in [-0.1, -0.05) is 91.0 Å². The summed E-state index contributed by atoms with van der Waals surface area (Å²) in [6.07, 6.45) is 0. The number of sulfonamides is 1. The topological polar surface area (TPSA) is 75.7 Å². The van der Waals surface area contributed by atoms with Crippen LogP contribution >= 0.6 is 0 Å². The maximum atomic E-state index is 14.1. The number of benzene rings is 5. The predicted octanol–water partition coefficient (Wildman–Crippen LogP) is 7.01. The summed E-state index contributed by atoms with van der Waals surface area (Å²) in [7, 11) is -2.54. The average Bonchev–Trinajstić information content (AvgIpc) is 3.01. The zero-order valence-electron chi connectivity index (χ0n) is 21.9. The summed E-state index contributed by atoms with van der Waals surface area (Å²) in [5.41, 5.74) is 3.74. The lowest BCUT2D eigenvalue weighted by Crippen LogP contribution is -2.32. The number of ether oxygens (including phenoxy) is 1. The van der Waals surface area contributed by atoms with Gasteiger partial charge >= 0.3 is 0 Å². The first-order valence-corrected chi connectivity index (χ1v) is 14.2. The normalized spacial score (nSPS) is 11.0. The molecule has 6 nitrogen and oxygen atoms in total. The fourth-order valence-corrected chi connectivity index (χ4v) is 5.93. The Hall–Kier alpha value is -4.88. The second-order valence-electron chi connectivity index (χ2n) is 9.06. The van der Waals surface area contributed by atoms with Gasteiger partial charge in [0.1, 0.15) is 5.75 Å². The maximum absolute atomic E-state index is 14.1. The number of para-hydroxylation sites is 2. The molecule has 0 unspecified atom stereocenters. The molecule has 0 saturated heterocycles. The third-order valence-electron chi connectivity index (χ3n) is 6.49. The molecule has 200 valence electrons. The summed E-state index contributed by atoms with van der Waals surface area (Å²) in [5.74, 6) is 0.132. The van der Waals surface area contributed by atoms with Gasteiger partial charge in [-0.2, -0.15) is 0 Å². The van der Waals surface area contributed by atoms with Crippen LogP contribution in [0.2, 0.25) is 0 Å². The lowest BCUT2D eigenvalue weighted by atomic mass is 10.0. The maximum Gasteiger partial charge on any atom is 0.264 e. The monoisotopic (exact) mass is 548 g/mol. The van der Waals surface area contributed by atoms with Crippen molar-refractivity contribution in [2.24, 2.45) is 0 Å². The van der Waals surface area contributed by atoms with Gasteiger partial charge in [0.25, 0.3) is 15.9 Å². The molecule has 5 aromatic rings. The Kier molecular flexibility index (Phi) is 7.94. The highest BCUT2D eigenvalue weighted by atomic mass is 32.2. The highest BCUT2D eigenvalue weighted by molar-refractivity contribution is 7.92. The minimum atomic E-state index is -4.06. The van der Waals surface area contributed by atoms with Crippen molar-refractivity contribution in [3.8, 4) is 16.9 Å². The molecule has 5 rings (SSSR count). The van der Waals surface area contributed by atoms with Crippen molar-refractivity contribution in [3.05, 3.63) is 145 Å². The highest BCUT2D eigenvalue weighted by Gasteiger charge is 2.29. The Morgan fingerprint density at radius 2 is 1.32 bits per heavy atom. The van der Waals surface area contributed by atoms with E-state index in [1.54, 1.807) is 36.4 Å². The van der Waals surface area contributed by atoms with Crippen molar-refractivity contribution in [2.45, 2.75) is 11.4 Å². The van der Waals surface area contributed by atoms with Gasteiger partial charge in [0, 0.05) is 11.3 Å². The second-order valence-corrected chi connectivity index (χ2v) is 10.9. The Balaban J connectivity index is 1.56. The van der Waals surface area contributed by atoms with Crippen LogP contribution < -0.4 is 14.4 Å². The third kappa shape index (κ3) is 5.75. The number of carbonyl (C=O) groups excluding carboxylic acids is 1. The number of amides is 1. The smallest absolute Gasteiger partial charge is 0.264 e. The molecule has 0 fully saturated rings. The fourth-order valence-electron chi connectivity index (χ4n) is 4.46. The van der Waals surface area contributed by atoms with Crippen LogP contribution in [0.5, 0.6) is 5.75 Å². The van der Waals surface area contributed by atoms with Crippen LogP contribution in [0.1, 0.15) is 15.9 Å². The zero-order chi connectivity index (χ0) is 28.0. The van der Waals surface area contributed by atoms with Gasteiger partial charge in [-0.15, -0.1) is 0 Å². The van der Waals surface area contributed by atoms with Gasteiger partial charge in [-0.25, -0.2) is 8.42 Å². The van der Waals surface area contributed by atoms with Crippen molar-refractivity contribution in [1.82, 2.24) is 0 Å². The fraction of sp³-hybridized carbons (Fsp3) is 0.0606. The number of hydrogen-bond acceptors (Lipinski definition) is 4. The van der Waals surface area contributed by atoms with Crippen molar-refractivity contribution < 1.29 is 17.9 Å². The summed E-state index contributed by atoms with van der Waals surface area (Å²) in [5, 5.41) is 3.01. The molecule has 5 aromatic carbocycles. The standard InChI is InChI=1S/C33H28N2O4S/c1-39-27-20-22-28(23-21-27)40(37,38)35(24-25-12-4-2-5-13-25)32-19-11-9-17-30(32)33(36)34-31-18-10-8-16-29(31)26-14-6-3-7-15-26/h2-23H,24H2,1H3,(H,34,36). The van der Waals surface area contributed by atoms with Crippen molar-refractivity contribution in [1.29, 1.82) is 0 Å². The molecule has 1 N–H and O–H groups in total. The number of hydrogen-bond donors (Lipinski definition) is 1. The Bertz CT molecular complexity index is 1710. The van der Waals surface area contributed by atoms with Crippen molar-refractivity contribution in [2.75, 3.05) is 16.7 Å². The summed E-state index contributed by atoms with van der Waals surface area (Å²) < 4.78 is 34.6. The molecule has 0 atom stereocenters. The van der Waals surface area contributed by atoms with E-state index in [4.69, 9.17) is 4.74 Å². The molecule has 7 heteroatoms. The number of anilines is 2. The van der Waals surface area contributed by atoms with Crippen LogP contribution in [0.4, 0.5) is 11.4 Å². The Morgan fingerprint density at radius 3 is 2.02 bits per heavy atom. The second kappa shape index (κ2) is 11.9. The molecular formula is C33H28N2O4S. The average molecular weight is 549 g/mol. The molecule has 0 saturated carbocycles. The first-order chi connectivity index (χ1) is 19.5. The Labute approximate surface area is 234 Å². The van der Waals surface area contributed by atoms with E-state index in [-0.39, 0.29) is 22.7 Å². The van der Waals surface area contributed by atoms with E-state index >= 15 is 0 Å².